The van der Waals surface area contributed by atoms with Crippen molar-refractivity contribution in [1.29, 1.82) is 0 Å². The molecule has 0 unspecified atom stereocenters. The van der Waals surface area contributed by atoms with E-state index in [1.165, 1.54) is 31.5 Å². The molecule has 3 rings (SSSR count). The zero-order chi connectivity index (χ0) is 16.2. The number of nitrogens with zero attached hydrogens (tertiary/aromatic N) is 1. The summed E-state index contributed by atoms with van der Waals surface area (Å²) in [6, 6.07) is 13.4. The SMILES string of the molecule is Cc1ccc(Cl)cc1NC(=O)c1ccc(CN2CCCC2)cc1. The van der Waals surface area contributed by atoms with Gasteiger partial charge in [0.05, 0.1) is 0 Å². The van der Waals surface area contributed by atoms with Crippen LogP contribution in [-0.2, 0) is 6.54 Å². The van der Waals surface area contributed by atoms with E-state index in [4.69, 9.17) is 11.6 Å². The number of hydrogen-bond donors (Lipinski definition) is 1. The maximum atomic E-state index is 12.4. The van der Waals surface area contributed by atoms with Gasteiger partial charge in [-0.05, 0) is 68.2 Å². The summed E-state index contributed by atoms with van der Waals surface area (Å²) in [4.78, 5) is 14.8. The van der Waals surface area contributed by atoms with E-state index in [1.54, 1.807) is 6.07 Å². The third kappa shape index (κ3) is 4.12. The molecule has 0 aliphatic carbocycles. The molecule has 0 aromatic heterocycles. The largest absolute Gasteiger partial charge is 0.322 e. The molecule has 3 nitrogen and oxygen atoms in total. The molecule has 4 heteroatoms. The van der Waals surface area contributed by atoms with Crippen LogP contribution in [-0.4, -0.2) is 23.9 Å². The van der Waals surface area contributed by atoms with Crippen LogP contribution in [0.4, 0.5) is 5.69 Å². The Morgan fingerprint density at radius 1 is 1.13 bits per heavy atom. The minimum absolute atomic E-state index is 0.108. The molecule has 0 saturated carbocycles. The molecule has 23 heavy (non-hydrogen) atoms. The highest BCUT2D eigenvalue weighted by Gasteiger charge is 2.12. The Morgan fingerprint density at radius 2 is 1.83 bits per heavy atom. The molecule has 1 amide bonds. The Bertz CT molecular complexity index is 691. The summed E-state index contributed by atoms with van der Waals surface area (Å²) in [5.74, 6) is -0.108. The minimum atomic E-state index is -0.108. The van der Waals surface area contributed by atoms with Crippen LogP contribution in [0.3, 0.4) is 0 Å². The Hall–Kier alpha value is -1.84. The van der Waals surface area contributed by atoms with Crippen molar-refractivity contribution in [2.24, 2.45) is 0 Å². The molecule has 1 fully saturated rings. The topological polar surface area (TPSA) is 32.3 Å². The summed E-state index contributed by atoms with van der Waals surface area (Å²) < 4.78 is 0. The number of likely N-dealkylation sites (tertiary alicyclic amines) is 1. The van der Waals surface area contributed by atoms with E-state index in [-0.39, 0.29) is 5.91 Å². The predicted molar refractivity (Wildman–Crippen MR) is 95.1 cm³/mol. The van der Waals surface area contributed by atoms with E-state index in [0.29, 0.717) is 10.6 Å². The second-order valence-electron chi connectivity index (χ2n) is 6.09. The zero-order valence-electron chi connectivity index (χ0n) is 13.3. The Balaban J connectivity index is 1.66. The fourth-order valence-corrected chi connectivity index (χ4v) is 3.06. The van der Waals surface area contributed by atoms with Crippen LogP contribution in [0.5, 0.6) is 0 Å². The molecule has 1 aliphatic heterocycles. The standard InChI is InChI=1S/C19H21ClN2O/c1-14-4-9-17(20)12-18(14)21-19(23)16-7-5-15(6-8-16)13-22-10-2-3-11-22/h4-9,12H,2-3,10-11,13H2,1H3,(H,21,23). The molecule has 120 valence electrons. The summed E-state index contributed by atoms with van der Waals surface area (Å²) in [5.41, 5.74) is 3.66. The Morgan fingerprint density at radius 3 is 2.52 bits per heavy atom. The fourth-order valence-electron chi connectivity index (χ4n) is 2.88. The van der Waals surface area contributed by atoms with Crippen LogP contribution in [0.2, 0.25) is 5.02 Å². The van der Waals surface area contributed by atoms with Crippen LogP contribution < -0.4 is 5.32 Å². The third-order valence-electron chi connectivity index (χ3n) is 4.27. The molecule has 1 heterocycles. The number of hydrogen-bond acceptors (Lipinski definition) is 2. The van der Waals surface area contributed by atoms with Crippen molar-refractivity contribution in [2.75, 3.05) is 18.4 Å². The van der Waals surface area contributed by atoms with E-state index in [9.17, 15) is 4.79 Å². The molecule has 2 aromatic carbocycles. The lowest BCUT2D eigenvalue weighted by Gasteiger charge is -2.14. The zero-order valence-corrected chi connectivity index (χ0v) is 14.1. The fraction of sp³-hybridized carbons (Fsp3) is 0.316. The number of benzene rings is 2. The number of carbonyl (C=O) groups is 1. The smallest absolute Gasteiger partial charge is 0.255 e. The number of aryl methyl sites for hydroxylation is 1. The van der Waals surface area contributed by atoms with E-state index in [0.717, 1.165) is 17.8 Å². The molecule has 1 N–H and O–H groups in total. The summed E-state index contributed by atoms with van der Waals surface area (Å²) >= 11 is 5.99. The van der Waals surface area contributed by atoms with Crippen LogP contribution in [0.25, 0.3) is 0 Å². The van der Waals surface area contributed by atoms with Gasteiger partial charge in [-0.3, -0.25) is 9.69 Å². The number of carbonyl (C=O) groups excluding carboxylic acids is 1. The summed E-state index contributed by atoms with van der Waals surface area (Å²) in [7, 11) is 0. The van der Waals surface area contributed by atoms with Gasteiger partial charge in [0.15, 0.2) is 0 Å². The summed E-state index contributed by atoms with van der Waals surface area (Å²) in [6.45, 7) is 5.27. The molecule has 2 aromatic rings. The highest BCUT2D eigenvalue weighted by atomic mass is 35.5. The highest BCUT2D eigenvalue weighted by Crippen LogP contribution is 2.21. The van der Waals surface area contributed by atoms with E-state index in [1.807, 2.05) is 43.3 Å². The van der Waals surface area contributed by atoms with Gasteiger partial charge in [0.2, 0.25) is 0 Å². The maximum Gasteiger partial charge on any atom is 0.255 e. The first-order chi connectivity index (χ1) is 11.1. The highest BCUT2D eigenvalue weighted by molar-refractivity contribution is 6.31. The van der Waals surface area contributed by atoms with Crippen molar-refractivity contribution in [1.82, 2.24) is 4.90 Å². The number of nitrogens with one attached hydrogen (secondary N) is 1. The van der Waals surface area contributed by atoms with Crippen LogP contribution in [0.15, 0.2) is 42.5 Å². The molecule has 0 atom stereocenters. The average molecular weight is 329 g/mol. The summed E-state index contributed by atoms with van der Waals surface area (Å²) in [6.07, 6.45) is 2.58. The van der Waals surface area contributed by atoms with Crippen molar-refractivity contribution >= 4 is 23.2 Å². The lowest BCUT2D eigenvalue weighted by molar-refractivity contribution is 0.102. The van der Waals surface area contributed by atoms with Gasteiger partial charge in [0.1, 0.15) is 0 Å². The van der Waals surface area contributed by atoms with Gasteiger partial charge < -0.3 is 5.32 Å². The van der Waals surface area contributed by atoms with Crippen molar-refractivity contribution < 1.29 is 4.79 Å². The summed E-state index contributed by atoms with van der Waals surface area (Å²) in [5, 5.41) is 3.54. The minimum Gasteiger partial charge on any atom is -0.322 e. The van der Waals surface area contributed by atoms with Crippen LogP contribution in [0, 0.1) is 6.92 Å². The molecular formula is C19H21ClN2O. The van der Waals surface area contributed by atoms with Crippen LogP contribution in [0.1, 0.15) is 34.3 Å². The van der Waals surface area contributed by atoms with Gasteiger partial charge in [-0.1, -0.05) is 29.8 Å². The van der Waals surface area contributed by atoms with Gasteiger partial charge >= 0.3 is 0 Å². The monoisotopic (exact) mass is 328 g/mol. The molecule has 0 bridgehead atoms. The normalized spacial score (nSPS) is 14.9. The first-order valence-electron chi connectivity index (χ1n) is 8.00. The molecule has 0 radical (unpaired) electrons. The predicted octanol–water partition coefficient (Wildman–Crippen LogP) is 4.50. The van der Waals surface area contributed by atoms with E-state index >= 15 is 0 Å². The van der Waals surface area contributed by atoms with Crippen molar-refractivity contribution in [3.8, 4) is 0 Å². The van der Waals surface area contributed by atoms with E-state index < -0.39 is 0 Å². The number of anilines is 1. The molecule has 0 spiro atoms. The van der Waals surface area contributed by atoms with Crippen molar-refractivity contribution in [3.05, 3.63) is 64.2 Å². The Labute approximate surface area is 142 Å². The molecule has 1 aliphatic rings. The number of halogens is 1. The quantitative estimate of drug-likeness (QED) is 0.896. The first-order valence-corrected chi connectivity index (χ1v) is 8.38. The average Bonchev–Trinajstić information content (AvgIpc) is 3.04. The number of rotatable bonds is 4. The van der Waals surface area contributed by atoms with Gasteiger partial charge in [0, 0.05) is 22.8 Å². The van der Waals surface area contributed by atoms with Gasteiger partial charge in [-0.15, -0.1) is 0 Å². The van der Waals surface area contributed by atoms with Crippen LogP contribution >= 0.6 is 11.6 Å². The lowest BCUT2D eigenvalue weighted by atomic mass is 10.1. The van der Waals surface area contributed by atoms with Gasteiger partial charge in [-0.2, -0.15) is 0 Å². The van der Waals surface area contributed by atoms with Crippen molar-refractivity contribution in [2.45, 2.75) is 26.3 Å². The third-order valence-corrected chi connectivity index (χ3v) is 4.50. The van der Waals surface area contributed by atoms with Gasteiger partial charge in [0.25, 0.3) is 5.91 Å². The maximum absolute atomic E-state index is 12.4. The van der Waals surface area contributed by atoms with Crippen molar-refractivity contribution in [3.63, 3.8) is 0 Å². The molecule has 1 saturated heterocycles. The van der Waals surface area contributed by atoms with E-state index in [2.05, 4.69) is 10.2 Å². The molecular weight excluding hydrogens is 308 g/mol. The lowest BCUT2D eigenvalue weighted by Crippen LogP contribution is -2.18. The second kappa shape index (κ2) is 7.16. The Kier molecular flexibility index (Phi) is 4.99. The van der Waals surface area contributed by atoms with Gasteiger partial charge in [-0.25, -0.2) is 0 Å². The second-order valence-corrected chi connectivity index (χ2v) is 6.53. The first kappa shape index (κ1) is 16.0. The number of amides is 1.